The largest absolute Gasteiger partial charge is 0.416 e. The van der Waals surface area contributed by atoms with Crippen LogP contribution in [0.2, 0.25) is 0 Å². The van der Waals surface area contributed by atoms with Crippen molar-refractivity contribution >= 4 is 17.8 Å². The van der Waals surface area contributed by atoms with E-state index in [-0.39, 0.29) is 0 Å². The fourth-order valence-electron chi connectivity index (χ4n) is 0.930. The van der Waals surface area contributed by atoms with Crippen molar-refractivity contribution in [2.45, 2.75) is 6.18 Å². The molecular formula is C10H9F3S. The number of rotatable bonds is 2. The lowest BCUT2D eigenvalue weighted by Gasteiger charge is -2.05. The zero-order chi connectivity index (χ0) is 10.6. The van der Waals surface area contributed by atoms with Crippen molar-refractivity contribution < 1.29 is 13.2 Å². The van der Waals surface area contributed by atoms with E-state index in [4.69, 9.17) is 0 Å². The van der Waals surface area contributed by atoms with Crippen molar-refractivity contribution in [1.29, 1.82) is 0 Å². The second-order valence-corrected chi connectivity index (χ2v) is 3.40. The highest BCUT2D eigenvalue weighted by Crippen LogP contribution is 2.29. The molecule has 0 nitrogen and oxygen atoms in total. The summed E-state index contributed by atoms with van der Waals surface area (Å²) in [4.78, 5) is 0. The second-order valence-electron chi connectivity index (χ2n) is 2.66. The first-order chi connectivity index (χ1) is 6.54. The summed E-state index contributed by atoms with van der Waals surface area (Å²) in [5.41, 5.74) is 0.158. The normalized spacial score (nSPS) is 12.3. The van der Waals surface area contributed by atoms with Crippen molar-refractivity contribution in [1.82, 2.24) is 0 Å². The van der Waals surface area contributed by atoms with E-state index in [1.165, 1.54) is 23.9 Å². The van der Waals surface area contributed by atoms with E-state index >= 15 is 0 Å². The van der Waals surface area contributed by atoms with Gasteiger partial charge in [-0.1, -0.05) is 12.1 Å². The third-order valence-electron chi connectivity index (χ3n) is 1.63. The molecule has 1 rings (SSSR count). The van der Waals surface area contributed by atoms with Gasteiger partial charge in [0, 0.05) is 0 Å². The fraction of sp³-hybridized carbons (Fsp3) is 0.200. The molecule has 76 valence electrons. The zero-order valence-electron chi connectivity index (χ0n) is 7.51. The van der Waals surface area contributed by atoms with Gasteiger partial charge in [0.25, 0.3) is 0 Å². The molecule has 4 heteroatoms. The molecule has 0 saturated carbocycles. The highest BCUT2D eigenvalue weighted by Gasteiger charge is 2.29. The van der Waals surface area contributed by atoms with E-state index in [1.54, 1.807) is 6.08 Å². The highest BCUT2D eigenvalue weighted by molar-refractivity contribution is 8.01. The number of alkyl halides is 3. The third-order valence-corrected chi connectivity index (χ3v) is 2.04. The predicted molar refractivity (Wildman–Crippen MR) is 54.0 cm³/mol. The van der Waals surface area contributed by atoms with E-state index in [9.17, 15) is 13.2 Å². The van der Waals surface area contributed by atoms with Crippen LogP contribution in [0.5, 0.6) is 0 Å². The molecule has 14 heavy (non-hydrogen) atoms. The smallest absolute Gasteiger partial charge is 0.166 e. The number of hydrogen-bond acceptors (Lipinski definition) is 1. The Morgan fingerprint density at radius 2 is 1.71 bits per heavy atom. The molecule has 0 saturated heterocycles. The molecule has 0 bridgehead atoms. The lowest BCUT2D eigenvalue weighted by atomic mass is 10.1. The predicted octanol–water partition coefficient (Wildman–Crippen LogP) is 4.04. The molecule has 0 radical (unpaired) electrons. The Labute approximate surface area is 84.8 Å². The molecule has 0 fully saturated rings. The molecular weight excluding hydrogens is 209 g/mol. The summed E-state index contributed by atoms with van der Waals surface area (Å²) in [5, 5.41) is 1.82. The van der Waals surface area contributed by atoms with Gasteiger partial charge in [0.05, 0.1) is 5.56 Å². The average Bonchev–Trinajstić information content (AvgIpc) is 2.14. The standard InChI is InChI=1S/C10H9F3S/c1-14-7-6-8-2-4-9(5-3-8)10(11,12)13/h2-7H,1H3/b7-6+. The van der Waals surface area contributed by atoms with Gasteiger partial charge in [0.2, 0.25) is 0 Å². The summed E-state index contributed by atoms with van der Waals surface area (Å²) in [7, 11) is 0. The summed E-state index contributed by atoms with van der Waals surface area (Å²) in [5.74, 6) is 0. The van der Waals surface area contributed by atoms with Crippen LogP contribution in [0.15, 0.2) is 29.7 Å². The molecule has 0 atom stereocenters. The molecule has 0 aliphatic carbocycles. The minimum Gasteiger partial charge on any atom is -0.166 e. The summed E-state index contributed by atoms with van der Waals surface area (Å²) >= 11 is 1.50. The van der Waals surface area contributed by atoms with E-state index in [0.29, 0.717) is 0 Å². The first-order valence-corrected chi connectivity index (χ1v) is 5.19. The van der Waals surface area contributed by atoms with Crippen LogP contribution >= 0.6 is 11.8 Å². The first kappa shape index (κ1) is 11.2. The van der Waals surface area contributed by atoms with Gasteiger partial charge in [0.15, 0.2) is 0 Å². The molecule has 0 aromatic heterocycles. The molecule has 0 amide bonds. The van der Waals surface area contributed by atoms with Crippen molar-refractivity contribution in [3.8, 4) is 0 Å². The molecule has 0 aliphatic rings. The molecule has 0 unspecified atom stereocenters. The second kappa shape index (κ2) is 4.55. The number of benzene rings is 1. The maximum absolute atomic E-state index is 12.1. The van der Waals surface area contributed by atoms with Gasteiger partial charge in [-0.3, -0.25) is 0 Å². The van der Waals surface area contributed by atoms with Gasteiger partial charge in [-0.25, -0.2) is 0 Å². The van der Waals surface area contributed by atoms with E-state index in [0.717, 1.165) is 17.7 Å². The minimum atomic E-state index is -4.25. The van der Waals surface area contributed by atoms with E-state index < -0.39 is 11.7 Å². The van der Waals surface area contributed by atoms with Gasteiger partial charge >= 0.3 is 6.18 Å². The van der Waals surface area contributed by atoms with Crippen molar-refractivity contribution in [2.75, 3.05) is 6.26 Å². The van der Waals surface area contributed by atoms with Crippen LogP contribution in [-0.2, 0) is 6.18 Å². The van der Waals surface area contributed by atoms with Gasteiger partial charge in [0.1, 0.15) is 0 Å². The Morgan fingerprint density at radius 3 is 2.14 bits per heavy atom. The van der Waals surface area contributed by atoms with Crippen LogP contribution in [0.3, 0.4) is 0 Å². The lowest BCUT2D eigenvalue weighted by molar-refractivity contribution is -0.137. The van der Waals surface area contributed by atoms with Gasteiger partial charge in [-0.05, 0) is 35.4 Å². The Hall–Kier alpha value is -0.900. The Bertz CT molecular complexity index is 311. The van der Waals surface area contributed by atoms with Gasteiger partial charge in [-0.15, -0.1) is 11.8 Å². The SMILES string of the molecule is CS/C=C/c1ccc(C(F)(F)F)cc1. The molecule has 1 aromatic carbocycles. The van der Waals surface area contributed by atoms with Crippen LogP contribution < -0.4 is 0 Å². The number of hydrogen-bond donors (Lipinski definition) is 0. The van der Waals surface area contributed by atoms with Crippen molar-refractivity contribution in [2.24, 2.45) is 0 Å². The third kappa shape index (κ3) is 3.10. The van der Waals surface area contributed by atoms with Crippen LogP contribution in [0.25, 0.3) is 6.08 Å². The van der Waals surface area contributed by atoms with Crippen molar-refractivity contribution in [3.05, 3.63) is 40.8 Å². The molecule has 1 aromatic rings. The zero-order valence-corrected chi connectivity index (χ0v) is 8.32. The molecule has 0 aliphatic heterocycles. The quantitative estimate of drug-likeness (QED) is 0.722. The van der Waals surface area contributed by atoms with Crippen LogP contribution in [0.1, 0.15) is 11.1 Å². The Balaban J connectivity index is 2.84. The molecule has 0 heterocycles. The van der Waals surface area contributed by atoms with Crippen molar-refractivity contribution in [3.63, 3.8) is 0 Å². The maximum atomic E-state index is 12.1. The molecule has 0 spiro atoms. The molecule has 0 N–H and O–H groups in total. The van der Waals surface area contributed by atoms with E-state index in [1.807, 2.05) is 11.7 Å². The van der Waals surface area contributed by atoms with Crippen LogP contribution in [-0.4, -0.2) is 6.26 Å². The van der Waals surface area contributed by atoms with Crippen LogP contribution in [0, 0.1) is 0 Å². The van der Waals surface area contributed by atoms with E-state index in [2.05, 4.69) is 0 Å². The highest BCUT2D eigenvalue weighted by atomic mass is 32.2. The monoisotopic (exact) mass is 218 g/mol. The lowest BCUT2D eigenvalue weighted by Crippen LogP contribution is -2.03. The van der Waals surface area contributed by atoms with Crippen LogP contribution in [0.4, 0.5) is 13.2 Å². The Morgan fingerprint density at radius 1 is 1.14 bits per heavy atom. The van der Waals surface area contributed by atoms with Gasteiger partial charge < -0.3 is 0 Å². The summed E-state index contributed by atoms with van der Waals surface area (Å²) < 4.78 is 36.4. The minimum absolute atomic E-state index is 0.612. The first-order valence-electron chi connectivity index (χ1n) is 3.90. The number of halogens is 3. The summed E-state index contributed by atoms with van der Waals surface area (Å²) in [6.07, 6.45) is -0.590. The fourth-order valence-corrected chi connectivity index (χ4v) is 1.22. The average molecular weight is 218 g/mol. The summed E-state index contributed by atoms with van der Waals surface area (Å²) in [6.45, 7) is 0. The summed E-state index contributed by atoms with van der Waals surface area (Å²) in [6, 6.07) is 5.07. The number of thioether (sulfide) groups is 1. The Kier molecular flexibility index (Phi) is 3.63. The van der Waals surface area contributed by atoms with Gasteiger partial charge in [-0.2, -0.15) is 13.2 Å². The maximum Gasteiger partial charge on any atom is 0.416 e. The topological polar surface area (TPSA) is 0 Å².